The summed E-state index contributed by atoms with van der Waals surface area (Å²) in [6.07, 6.45) is 0.770. The second-order valence-corrected chi connectivity index (χ2v) is 6.98. The number of ether oxygens (including phenoxy) is 1. The van der Waals surface area contributed by atoms with Crippen LogP contribution in [0.3, 0.4) is 0 Å². The minimum Gasteiger partial charge on any atom is -0.455 e. The second kappa shape index (κ2) is 8.86. The average molecular weight is 393 g/mol. The monoisotopic (exact) mass is 392 g/mol. The van der Waals surface area contributed by atoms with Gasteiger partial charge in [-0.05, 0) is 24.6 Å². The molecule has 0 unspecified atom stereocenters. The summed E-state index contributed by atoms with van der Waals surface area (Å²) in [6.45, 7) is 1.41. The van der Waals surface area contributed by atoms with Crippen molar-refractivity contribution in [3.63, 3.8) is 0 Å². The van der Waals surface area contributed by atoms with Gasteiger partial charge in [-0.3, -0.25) is 9.59 Å². The molecule has 0 radical (unpaired) electrons. The van der Waals surface area contributed by atoms with Gasteiger partial charge >= 0.3 is 5.97 Å². The maximum absolute atomic E-state index is 11.9. The van der Waals surface area contributed by atoms with Crippen LogP contribution in [0.5, 0.6) is 0 Å². The van der Waals surface area contributed by atoms with Crippen LogP contribution < -0.4 is 10.0 Å². The average Bonchev–Trinajstić information content (AvgIpc) is 2.49. The van der Waals surface area contributed by atoms with Crippen LogP contribution >= 0.6 is 15.9 Å². The highest BCUT2D eigenvalue weighted by molar-refractivity contribution is 9.10. The minimum absolute atomic E-state index is 0.0235. The summed E-state index contributed by atoms with van der Waals surface area (Å²) in [6, 6.07) is 6.06. The van der Waals surface area contributed by atoms with Gasteiger partial charge in [0.2, 0.25) is 10.0 Å². The second-order valence-electron chi connectivity index (χ2n) is 4.29. The molecule has 1 aromatic rings. The van der Waals surface area contributed by atoms with E-state index >= 15 is 0 Å². The van der Waals surface area contributed by atoms with E-state index in [1.54, 1.807) is 12.1 Å². The highest BCUT2D eigenvalue weighted by atomic mass is 79.9. The first-order valence-electron chi connectivity index (χ1n) is 6.52. The van der Waals surface area contributed by atoms with Crippen LogP contribution in [0.4, 0.5) is 0 Å². The Balaban J connectivity index is 2.45. The number of benzene rings is 1. The number of esters is 1. The molecule has 1 rings (SSSR count). The van der Waals surface area contributed by atoms with E-state index in [2.05, 4.69) is 30.7 Å². The molecule has 1 amide bonds. The minimum atomic E-state index is -3.81. The largest absolute Gasteiger partial charge is 0.455 e. The third kappa shape index (κ3) is 6.54. The summed E-state index contributed by atoms with van der Waals surface area (Å²) in [5.41, 5.74) is 0. The molecular weight excluding hydrogens is 376 g/mol. The molecule has 9 heteroatoms. The fraction of sp³-hybridized carbons (Fsp3) is 0.385. The number of rotatable bonds is 8. The molecule has 0 heterocycles. The Bertz CT molecular complexity index is 633. The molecular formula is C13H17BrN2O5S. The van der Waals surface area contributed by atoms with Crippen molar-refractivity contribution < 1.29 is 22.7 Å². The molecule has 0 spiro atoms. The van der Waals surface area contributed by atoms with E-state index in [0.717, 1.165) is 6.42 Å². The van der Waals surface area contributed by atoms with Crippen molar-refractivity contribution in [2.45, 2.75) is 18.2 Å². The van der Waals surface area contributed by atoms with Crippen LogP contribution in [-0.4, -0.2) is 40.0 Å². The van der Waals surface area contributed by atoms with E-state index in [1.165, 1.54) is 12.1 Å². The van der Waals surface area contributed by atoms with Crippen molar-refractivity contribution in [1.29, 1.82) is 0 Å². The Morgan fingerprint density at radius 1 is 1.32 bits per heavy atom. The number of hydrogen-bond donors (Lipinski definition) is 2. The molecule has 122 valence electrons. The lowest BCUT2D eigenvalue weighted by molar-refractivity contribution is -0.147. The third-order valence-electron chi connectivity index (χ3n) is 2.45. The molecule has 0 aliphatic rings. The molecule has 0 aromatic heterocycles. The van der Waals surface area contributed by atoms with Gasteiger partial charge in [-0.25, -0.2) is 8.42 Å². The van der Waals surface area contributed by atoms with Crippen LogP contribution in [0.15, 0.2) is 33.6 Å². The zero-order chi connectivity index (χ0) is 16.6. The van der Waals surface area contributed by atoms with Crippen LogP contribution in [-0.2, 0) is 24.3 Å². The lowest BCUT2D eigenvalue weighted by Gasteiger charge is -2.08. The van der Waals surface area contributed by atoms with Crippen molar-refractivity contribution in [1.82, 2.24) is 10.0 Å². The highest BCUT2D eigenvalue weighted by Crippen LogP contribution is 2.15. The van der Waals surface area contributed by atoms with Crippen molar-refractivity contribution in [3.05, 3.63) is 28.7 Å². The first kappa shape index (κ1) is 18.6. The summed E-state index contributed by atoms with van der Waals surface area (Å²) >= 11 is 3.17. The predicted octanol–water partition coefficient (Wildman–Crippen LogP) is 0.797. The Morgan fingerprint density at radius 3 is 2.68 bits per heavy atom. The molecule has 7 nitrogen and oxygen atoms in total. The van der Waals surface area contributed by atoms with Gasteiger partial charge in [-0.2, -0.15) is 4.72 Å². The highest BCUT2D eigenvalue weighted by Gasteiger charge is 2.16. The topological polar surface area (TPSA) is 102 Å². The number of amides is 1. The van der Waals surface area contributed by atoms with Crippen molar-refractivity contribution >= 4 is 37.8 Å². The van der Waals surface area contributed by atoms with Gasteiger partial charge in [-0.1, -0.05) is 28.9 Å². The molecule has 1 aromatic carbocycles. The van der Waals surface area contributed by atoms with Gasteiger partial charge in [0.1, 0.15) is 6.54 Å². The predicted molar refractivity (Wildman–Crippen MR) is 83.6 cm³/mol. The van der Waals surface area contributed by atoms with Crippen molar-refractivity contribution in [2.24, 2.45) is 0 Å². The Kier molecular flexibility index (Phi) is 7.49. The normalized spacial score (nSPS) is 11.0. The number of sulfonamides is 1. The van der Waals surface area contributed by atoms with Gasteiger partial charge in [0, 0.05) is 11.0 Å². The maximum atomic E-state index is 11.9. The van der Waals surface area contributed by atoms with Crippen molar-refractivity contribution in [2.75, 3.05) is 19.7 Å². The first-order valence-corrected chi connectivity index (χ1v) is 8.80. The maximum Gasteiger partial charge on any atom is 0.321 e. The zero-order valence-corrected chi connectivity index (χ0v) is 14.4. The van der Waals surface area contributed by atoms with Gasteiger partial charge in [0.15, 0.2) is 6.61 Å². The van der Waals surface area contributed by atoms with E-state index in [0.29, 0.717) is 11.0 Å². The van der Waals surface area contributed by atoms with Crippen LogP contribution in [0.25, 0.3) is 0 Å². The number of hydrogen-bond acceptors (Lipinski definition) is 5. The van der Waals surface area contributed by atoms with Gasteiger partial charge in [-0.15, -0.1) is 0 Å². The summed E-state index contributed by atoms with van der Waals surface area (Å²) in [4.78, 5) is 22.7. The number of nitrogens with one attached hydrogen (secondary N) is 2. The summed E-state index contributed by atoms with van der Waals surface area (Å²) < 4.78 is 31.3. The van der Waals surface area contributed by atoms with Crippen LogP contribution in [0, 0.1) is 0 Å². The summed E-state index contributed by atoms with van der Waals surface area (Å²) in [5.74, 6) is -1.25. The lowest BCUT2D eigenvalue weighted by atomic mass is 10.4. The molecule has 0 saturated carbocycles. The molecule has 0 saturated heterocycles. The Labute approximate surface area is 137 Å². The first-order chi connectivity index (χ1) is 10.3. The van der Waals surface area contributed by atoms with E-state index in [1.807, 2.05) is 6.92 Å². The number of carbonyl (C=O) groups excluding carboxylic acids is 2. The Morgan fingerprint density at radius 2 is 2.05 bits per heavy atom. The van der Waals surface area contributed by atoms with Gasteiger partial charge in [0.05, 0.1) is 4.90 Å². The zero-order valence-electron chi connectivity index (χ0n) is 12.0. The third-order valence-corrected chi connectivity index (χ3v) is 4.34. The fourth-order valence-electron chi connectivity index (χ4n) is 1.38. The number of halogens is 1. The molecule has 0 aliphatic carbocycles. The van der Waals surface area contributed by atoms with Gasteiger partial charge in [0.25, 0.3) is 5.91 Å². The van der Waals surface area contributed by atoms with Crippen LogP contribution in [0.1, 0.15) is 13.3 Å². The summed E-state index contributed by atoms with van der Waals surface area (Å²) in [7, 11) is -3.81. The SMILES string of the molecule is CCCNC(=O)COC(=O)CNS(=O)(=O)c1cccc(Br)c1. The van der Waals surface area contributed by atoms with Crippen LogP contribution in [0.2, 0.25) is 0 Å². The lowest BCUT2D eigenvalue weighted by Crippen LogP contribution is -2.34. The molecule has 0 bridgehead atoms. The van der Waals surface area contributed by atoms with E-state index in [-0.39, 0.29) is 4.90 Å². The molecule has 0 fully saturated rings. The molecule has 2 N–H and O–H groups in total. The quantitative estimate of drug-likeness (QED) is 0.637. The summed E-state index contributed by atoms with van der Waals surface area (Å²) in [5, 5.41) is 2.53. The standard InChI is InChI=1S/C13H17BrN2O5S/c1-2-6-15-12(17)9-21-13(18)8-16-22(19,20)11-5-3-4-10(14)7-11/h3-5,7,16H,2,6,8-9H2,1H3,(H,15,17). The van der Waals surface area contributed by atoms with E-state index < -0.39 is 35.1 Å². The molecule has 22 heavy (non-hydrogen) atoms. The molecule has 0 atom stereocenters. The smallest absolute Gasteiger partial charge is 0.321 e. The van der Waals surface area contributed by atoms with E-state index in [9.17, 15) is 18.0 Å². The van der Waals surface area contributed by atoms with Crippen molar-refractivity contribution in [3.8, 4) is 0 Å². The fourth-order valence-corrected chi connectivity index (χ4v) is 2.95. The van der Waals surface area contributed by atoms with E-state index in [4.69, 9.17) is 0 Å². The number of carbonyl (C=O) groups is 2. The Hall–Kier alpha value is -1.45. The van der Waals surface area contributed by atoms with Gasteiger partial charge < -0.3 is 10.1 Å². The molecule has 0 aliphatic heterocycles.